The molecule has 0 aromatic heterocycles. The standard InChI is InChI=1S/C16H16FNO3/c17-13-8-11(6-7-14(13)19)10-18-16(21)9-15(20)12-4-2-1-3-5-12/h1-8,15,19-20H,9-10H2,(H,18,21). The second kappa shape index (κ2) is 6.85. The lowest BCUT2D eigenvalue weighted by Crippen LogP contribution is -2.24. The predicted molar refractivity (Wildman–Crippen MR) is 75.9 cm³/mol. The normalized spacial score (nSPS) is 11.9. The van der Waals surface area contributed by atoms with Gasteiger partial charge in [-0.2, -0.15) is 0 Å². The van der Waals surface area contributed by atoms with Crippen LogP contribution in [0.5, 0.6) is 5.75 Å². The van der Waals surface area contributed by atoms with Gasteiger partial charge in [-0.05, 0) is 23.3 Å². The van der Waals surface area contributed by atoms with Crippen LogP contribution in [0.3, 0.4) is 0 Å². The summed E-state index contributed by atoms with van der Waals surface area (Å²) < 4.78 is 13.1. The fourth-order valence-corrected chi connectivity index (χ4v) is 1.90. The number of aromatic hydroxyl groups is 1. The van der Waals surface area contributed by atoms with Gasteiger partial charge in [0.1, 0.15) is 0 Å². The van der Waals surface area contributed by atoms with E-state index in [1.54, 1.807) is 24.3 Å². The summed E-state index contributed by atoms with van der Waals surface area (Å²) in [6, 6.07) is 12.8. The average molecular weight is 289 g/mol. The third kappa shape index (κ3) is 4.29. The summed E-state index contributed by atoms with van der Waals surface area (Å²) in [4.78, 5) is 11.7. The van der Waals surface area contributed by atoms with Crippen LogP contribution < -0.4 is 5.32 Å². The molecule has 5 heteroatoms. The Morgan fingerprint density at radius 2 is 1.90 bits per heavy atom. The Balaban J connectivity index is 1.86. The van der Waals surface area contributed by atoms with Crippen LogP contribution in [-0.4, -0.2) is 16.1 Å². The van der Waals surface area contributed by atoms with Crippen molar-refractivity contribution in [1.82, 2.24) is 5.32 Å². The molecule has 2 aromatic rings. The molecule has 0 radical (unpaired) electrons. The summed E-state index contributed by atoms with van der Waals surface area (Å²) in [6.45, 7) is 0.136. The van der Waals surface area contributed by atoms with Crippen molar-refractivity contribution in [2.45, 2.75) is 19.1 Å². The van der Waals surface area contributed by atoms with Crippen LogP contribution in [0.15, 0.2) is 48.5 Å². The van der Waals surface area contributed by atoms with Gasteiger partial charge in [0.25, 0.3) is 0 Å². The highest BCUT2D eigenvalue weighted by Crippen LogP contribution is 2.17. The van der Waals surface area contributed by atoms with E-state index in [9.17, 15) is 14.3 Å². The van der Waals surface area contributed by atoms with Gasteiger partial charge >= 0.3 is 0 Å². The average Bonchev–Trinajstić information content (AvgIpc) is 2.49. The summed E-state index contributed by atoms with van der Waals surface area (Å²) in [5.74, 6) is -1.49. The van der Waals surface area contributed by atoms with Crippen LogP contribution in [-0.2, 0) is 11.3 Å². The Labute approximate surface area is 121 Å². The minimum atomic E-state index is -0.872. The highest BCUT2D eigenvalue weighted by atomic mass is 19.1. The molecule has 4 nitrogen and oxygen atoms in total. The molecule has 0 spiro atoms. The van der Waals surface area contributed by atoms with Crippen molar-refractivity contribution in [3.8, 4) is 5.75 Å². The van der Waals surface area contributed by atoms with E-state index in [0.717, 1.165) is 6.07 Å². The number of phenols is 1. The highest BCUT2D eigenvalue weighted by molar-refractivity contribution is 5.76. The highest BCUT2D eigenvalue weighted by Gasteiger charge is 2.12. The molecule has 0 aliphatic rings. The number of hydrogen-bond donors (Lipinski definition) is 3. The van der Waals surface area contributed by atoms with Gasteiger partial charge in [-0.1, -0.05) is 36.4 Å². The molecule has 3 N–H and O–H groups in total. The van der Waals surface area contributed by atoms with Crippen LogP contribution in [0.4, 0.5) is 4.39 Å². The number of nitrogens with one attached hydrogen (secondary N) is 1. The smallest absolute Gasteiger partial charge is 0.223 e. The minimum absolute atomic E-state index is 0.0649. The molecule has 2 rings (SSSR count). The molecule has 0 aliphatic heterocycles. The molecule has 110 valence electrons. The van der Waals surface area contributed by atoms with E-state index in [0.29, 0.717) is 11.1 Å². The van der Waals surface area contributed by atoms with Crippen molar-refractivity contribution < 1.29 is 19.4 Å². The maximum atomic E-state index is 13.1. The molecule has 1 atom stereocenters. The van der Waals surface area contributed by atoms with Crippen molar-refractivity contribution in [3.63, 3.8) is 0 Å². The predicted octanol–water partition coefficient (Wildman–Crippen LogP) is 2.27. The Kier molecular flexibility index (Phi) is 4.90. The lowest BCUT2D eigenvalue weighted by atomic mass is 10.1. The number of hydrogen-bond acceptors (Lipinski definition) is 3. The number of amides is 1. The topological polar surface area (TPSA) is 69.6 Å². The number of benzene rings is 2. The summed E-state index contributed by atoms with van der Waals surface area (Å²) in [5.41, 5.74) is 1.20. The number of halogens is 1. The second-order valence-corrected chi connectivity index (χ2v) is 4.69. The monoisotopic (exact) mass is 289 g/mol. The molecule has 1 unspecified atom stereocenters. The Hall–Kier alpha value is -2.40. The molecule has 21 heavy (non-hydrogen) atoms. The molecule has 2 aromatic carbocycles. The van der Waals surface area contributed by atoms with Gasteiger partial charge in [0.2, 0.25) is 5.91 Å². The summed E-state index contributed by atoms with van der Waals surface area (Å²) >= 11 is 0. The van der Waals surface area contributed by atoms with Gasteiger partial charge in [-0.25, -0.2) is 4.39 Å². The van der Waals surface area contributed by atoms with Crippen molar-refractivity contribution >= 4 is 5.91 Å². The van der Waals surface area contributed by atoms with Crippen molar-refractivity contribution in [3.05, 3.63) is 65.5 Å². The molecule has 0 saturated carbocycles. The Bertz CT molecular complexity index is 616. The van der Waals surface area contributed by atoms with Crippen molar-refractivity contribution in [2.75, 3.05) is 0 Å². The van der Waals surface area contributed by atoms with Crippen molar-refractivity contribution in [1.29, 1.82) is 0 Å². The third-order valence-corrected chi connectivity index (χ3v) is 3.06. The first-order chi connectivity index (χ1) is 10.1. The zero-order chi connectivity index (χ0) is 15.2. The molecular weight excluding hydrogens is 273 g/mol. The fourth-order valence-electron chi connectivity index (χ4n) is 1.90. The molecule has 0 aliphatic carbocycles. The zero-order valence-corrected chi connectivity index (χ0v) is 11.3. The quantitative estimate of drug-likeness (QED) is 0.791. The number of aliphatic hydroxyl groups is 1. The van der Waals surface area contributed by atoms with Crippen LogP contribution in [0.1, 0.15) is 23.7 Å². The van der Waals surface area contributed by atoms with E-state index in [-0.39, 0.29) is 18.9 Å². The van der Waals surface area contributed by atoms with Gasteiger partial charge < -0.3 is 15.5 Å². The van der Waals surface area contributed by atoms with E-state index < -0.39 is 17.7 Å². The number of carbonyl (C=O) groups is 1. The van der Waals surface area contributed by atoms with Gasteiger partial charge in [0, 0.05) is 6.54 Å². The zero-order valence-electron chi connectivity index (χ0n) is 11.3. The number of aliphatic hydroxyl groups excluding tert-OH is 1. The molecule has 0 heterocycles. The van der Waals surface area contributed by atoms with Gasteiger partial charge in [-0.3, -0.25) is 4.79 Å². The first kappa shape index (κ1) is 15.0. The molecule has 0 saturated heterocycles. The first-order valence-corrected chi connectivity index (χ1v) is 6.53. The molecule has 0 bridgehead atoms. The molecule has 1 amide bonds. The van der Waals surface area contributed by atoms with E-state index in [2.05, 4.69) is 5.32 Å². The minimum Gasteiger partial charge on any atom is -0.505 e. The summed E-state index contributed by atoms with van der Waals surface area (Å²) in [5, 5.41) is 21.6. The fraction of sp³-hybridized carbons (Fsp3) is 0.188. The second-order valence-electron chi connectivity index (χ2n) is 4.69. The van der Waals surface area contributed by atoms with E-state index >= 15 is 0 Å². The van der Waals surface area contributed by atoms with Crippen LogP contribution in [0.2, 0.25) is 0 Å². The summed E-state index contributed by atoms with van der Waals surface area (Å²) in [6.07, 6.45) is -0.937. The Morgan fingerprint density at radius 1 is 1.19 bits per heavy atom. The van der Waals surface area contributed by atoms with Crippen LogP contribution in [0, 0.1) is 5.82 Å². The summed E-state index contributed by atoms with van der Waals surface area (Å²) in [7, 11) is 0. The van der Waals surface area contributed by atoms with E-state index in [4.69, 9.17) is 5.11 Å². The van der Waals surface area contributed by atoms with Crippen LogP contribution in [0.25, 0.3) is 0 Å². The van der Waals surface area contributed by atoms with Gasteiger partial charge in [0.05, 0.1) is 12.5 Å². The van der Waals surface area contributed by atoms with Gasteiger partial charge in [0.15, 0.2) is 11.6 Å². The largest absolute Gasteiger partial charge is 0.505 e. The maximum absolute atomic E-state index is 13.1. The van der Waals surface area contributed by atoms with Crippen LogP contribution >= 0.6 is 0 Å². The van der Waals surface area contributed by atoms with Crippen molar-refractivity contribution in [2.24, 2.45) is 0 Å². The van der Waals surface area contributed by atoms with E-state index in [1.165, 1.54) is 12.1 Å². The SMILES string of the molecule is O=C(CC(O)c1ccccc1)NCc1ccc(O)c(F)c1. The van der Waals surface area contributed by atoms with Gasteiger partial charge in [-0.15, -0.1) is 0 Å². The number of carbonyl (C=O) groups excluding carboxylic acids is 1. The molecule has 0 fully saturated rings. The lowest BCUT2D eigenvalue weighted by molar-refractivity contribution is -0.123. The number of rotatable bonds is 5. The lowest BCUT2D eigenvalue weighted by Gasteiger charge is -2.11. The first-order valence-electron chi connectivity index (χ1n) is 6.53. The number of phenolic OH excluding ortho intramolecular Hbond substituents is 1. The van der Waals surface area contributed by atoms with E-state index in [1.807, 2.05) is 6.07 Å². The third-order valence-electron chi connectivity index (χ3n) is 3.06. The Morgan fingerprint density at radius 3 is 2.57 bits per heavy atom. The molecular formula is C16H16FNO3. The maximum Gasteiger partial charge on any atom is 0.223 e.